The molecule has 0 radical (unpaired) electrons. The van der Waals surface area contributed by atoms with Crippen LogP contribution in [0.3, 0.4) is 0 Å². The van der Waals surface area contributed by atoms with Crippen LogP contribution in [-0.4, -0.2) is 14.2 Å². The number of nitrogens with zero attached hydrogens (tertiary/aromatic N) is 4. The molecule has 236 valence electrons. The SMILES string of the molecule is O=S1c2ccccc2N(c2ccccc2)c2c1ccc1c2-c2cccc3cccc(c23)N1c1cc(-c2ccccc2)nc(-c2ccccc2)n1. The molecule has 1 unspecified atom stereocenters. The van der Waals surface area contributed by atoms with Gasteiger partial charge in [-0.25, -0.2) is 14.2 Å². The molecule has 0 saturated carbocycles. The maximum Gasteiger partial charge on any atom is 0.162 e. The van der Waals surface area contributed by atoms with Crippen molar-refractivity contribution < 1.29 is 4.21 Å². The van der Waals surface area contributed by atoms with E-state index in [1.165, 1.54) is 0 Å². The molecule has 2 aliphatic heterocycles. The first-order valence-corrected chi connectivity index (χ1v) is 17.7. The summed E-state index contributed by atoms with van der Waals surface area (Å²) in [5, 5.41) is 2.24. The van der Waals surface area contributed by atoms with Gasteiger partial charge in [0, 0.05) is 33.8 Å². The molecule has 6 heteroatoms. The molecule has 0 saturated heterocycles. The average Bonchev–Trinajstić information content (AvgIpc) is 3.19. The lowest BCUT2D eigenvalue weighted by Gasteiger charge is -2.39. The van der Waals surface area contributed by atoms with E-state index in [2.05, 4.69) is 113 Å². The van der Waals surface area contributed by atoms with Crippen LogP contribution < -0.4 is 9.80 Å². The topological polar surface area (TPSA) is 49.3 Å². The van der Waals surface area contributed by atoms with Crippen LogP contribution in [0.5, 0.6) is 0 Å². The normalized spacial score (nSPS) is 14.2. The fourth-order valence-corrected chi connectivity index (χ4v) is 8.73. The maximum absolute atomic E-state index is 14.5. The standard InChI is InChI=1S/C44H28N4OS/c49-50-38-25-11-10-23-35(38)47(32-20-8-3-9-21-32)43-39(50)27-26-37-42(43)33-22-12-18-30-19-13-24-36(41(30)33)48(37)40-28-34(29-14-4-1-5-15-29)45-44(46-40)31-16-6-2-7-17-31/h1-28H. The molecule has 0 bridgehead atoms. The summed E-state index contributed by atoms with van der Waals surface area (Å²) in [5.41, 5.74) is 9.72. The minimum Gasteiger partial charge on any atom is -0.307 e. The molecule has 10 rings (SSSR count). The fourth-order valence-electron chi connectivity index (χ4n) is 7.38. The largest absolute Gasteiger partial charge is 0.307 e. The van der Waals surface area contributed by atoms with E-state index in [-0.39, 0.29) is 0 Å². The highest BCUT2D eigenvalue weighted by molar-refractivity contribution is 7.85. The third-order valence-electron chi connectivity index (χ3n) is 9.54. The van der Waals surface area contributed by atoms with Gasteiger partial charge in [-0.2, -0.15) is 0 Å². The number of anilines is 6. The lowest BCUT2D eigenvalue weighted by Crippen LogP contribution is -2.23. The Labute approximate surface area is 292 Å². The van der Waals surface area contributed by atoms with Gasteiger partial charge in [0.05, 0.1) is 49.0 Å². The van der Waals surface area contributed by atoms with Crippen LogP contribution >= 0.6 is 0 Å². The van der Waals surface area contributed by atoms with Crippen LogP contribution in [0.1, 0.15) is 0 Å². The monoisotopic (exact) mass is 660 g/mol. The van der Waals surface area contributed by atoms with E-state index in [0.717, 1.165) is 82.8 Å². The van der Waals surface area contributed by atoms with Gasteiger partial charge in [-0.3, -0.25) is 4.90 Å². The fraction of sp³-hybridized carbons (Fsp3) is 0. The van der Waals surface area contributed by atoms with E-state index >= 15 is 0 Å². The third kappa shape index (κ3) is 4.35. The minimum absolute atomic E-state index is 0.647. The van der Waals surface area contributed by atoms with Crippen LogP contribution in [0.2, 0.25) is 0 Å². The molecule has 7 aromatic carbocycles. The summed E-state index contributed by atoms with van der Waals surface area (Å²) in [6.45, 7) is 0. The van der Waals surface area contributed by atoms with E-state index in [0.29, 0.717) is 5.82 Å². The lowest BCUT2D eigenvalue weighted by atomic mass is 9.89. The van der Waals surface area contributed by atoms with E-state index < -0.39 is 10.8 Å². The predicted octanol–water partition coefficient (Wildman–Crippen LogP) is 11.4. The number of benzene rings is 7. The highest BCUT2D eigenvalue weighted by atomic mass is 32.2. The first-order chi connectivity index (χ1) is 24.7. The molecule has 8 aromatic rings. The van der Waals surface area contributed by atoms with Crippen molar-refractivity contribution in [2.75, 3.05) is 9.80 Å². The highest BCUT2D eigenvalue weighted by Gasteiger charge is 2.37. The van der Waals surface area contributed by atoms with Crippen LogP contribution in [0.15, 0.2) is 180 Å². The van der Waals surface area contributed by atoms with Gasteiger partial charge in [0.2, 0.25) is 0 Å². The summed E-state index contributed by atoms with van der Waals surface area (Å²) < 4.78 is 14.5. The third-order valence-corrected chi connectivity index (χ3v) is 11.0. The van der Waals surface area contributed by atoms with E-state index in [1.54, 1.807) is 0 Å². The van der Waals surface area contributed by atoms with Crippen molar-refractivity contribution in [1.29, 1.82) is 0 Å². The summed E-state index contributed by atoms with van der Waals surface area (Å²) in [6.07, 6.45) is 0. The van der Waals surface area contributed by atoms with Crippen LogP contribution in [0.25, 0.3) is 44.5 Å². The van der Waals surface area contributed by atoms with E-state index in [9.17, 15) is 4.21 Å². The van der Waals surface area contributed by atoms with Crippen molar-refractivity contribution in [3.63, 3.8) is 0 Å². The van der Waals surface area contributed by atoms with Crippen LogP contribution in [0.4, 0.5) is 34.3 Å². The number of hydrogen-bond donors (Lipinski definition) is 0. The Morgan fingerprint density at radius 3 is 1.94 bits per heavy atom. The van der Waals surface area contributed by atoms with Gasteiger partial charge in [-0.1, -0.05) is 121 Å². The Morgan fingerprint density at radius 2 is 1.16 bits per heavy atom. The number of rotatable bonds is 4. The molecule has 1 atom stereocenters. The van der Waals surface area contributed by atoms with Gasteiger partial charge in [0.15, 0.2) is 5.82 Å². The smallest absolute Gasteiger partial charge is 0.162 e. The Morgan fingerprint density at radius 1 is 0.500 bits per heavy atom. The number of fused-ring (bicyclic) bond motifs is 5. The van der Waals surface area contributed by atoms with E-state index in [4.69, 9.17) is 9.97 Å². The van der Waals surface area contributed by atoms with Gasteiger partial charge in [-0.05, 0) is 53.4 Å². The summed E-state index contributed by atoms with van der Waals surface area (Å²) in [4.78, 5) is 16.5. The zero-order valence-electron chi connectivity index (χ0n) is 26.8. The summed E-state index contributed by atoms with van der Waals surface area (Å²) in [6, 6.07) is 58.0. The van der Waals surface area contributed by atoms with Gasteiger partial charge in [-0.15, -0.1) is 0 Å². The number of aromatic nitrogens is 2. The first kappa shape index (κ1) is 28.6. The van der Waals surface area contributed by atoms with Crippen LogP contribution in [-0.2, 0) is 10.8 Å². The lowest BCUT2D eigenvalue weighted by molar-refractivity contribution is 0.682. The molecule has 5 nitrogen and oxygen atoms in total. The summed E-state index contributed by atoms with van der Waals surface area (Å²) in [5.74, 6) is 1.40. The summed E-state index contributed by atoms with van der Waals surface area (Å²) in [7, 11) is -1.39. The quantitative estimate of drug-likeness (QED) is 0.188. The molecule has 2 aliphatic rings. The second kappa shape index (κ2) is 11.4. The Kier molecular flexibility index (Phi) is 6.51. The van der Waals surface area contributed by atoms with Crippen molar-refractivity contribution in [2.45, 2.75) is 9.79 Å². The molecule has 0 fully saturated rings. The van der Waals surface area contributed by atoms with Gasteiger partial charge in [0.25, 0.3) is 0 Å². The minimum atomic E-state index is -1.39. The molecule has 0 N–H and O–H groups in total. The molecule has 0 spiro atoms. The van der Waals surface area contributed by atoms with Gasteiger partial charge >= 0.3 is 0 Å². The zero-order valence-corrected chi connectivity index (χ0v) is 27.6. The molecule has 1 aromatic heterocycles. The summed E-state index contributed by atoms with van der Waals surface area (Å²) >= 11 is 0. The van der Waals surface area contributed by atoms with Crippen molar-refractivity contribution >= 4 is 55.8 Å². The van der Waals surface area contributed by atoms with Crippen LogP contribution in [0, 0.1) is 0 Å². The van der Waals surface area contributed by atoms with Crippen molar-refractivity contribution in [2.24, 2.45) is 0 Å². The van der Waals surface area contributed by atoms with E-state index in [1.807, 2.05) is 66.7 Å². The molecular weight excluding hydrogens is 633 g/mol. The second-order valence-electron chi connectivity index (χ2n) is 12.4. The van der Waals surface area contributed by atoms with Crippen molar-refractivity contribution in [1.82, 2.24) is 9.97 Å². The van der Waals surface area contributed by atoms with Crippen molar-refractivity contribution in [3.05, 3.63) is 170 Å². The van der Waals surface area contributed by atoms with Crippen molar-refractivity contribution in [3.8, 4) is 33.8 Å². The maximum atomic E-state index is 14.5. The number of para-hydroxylation sites is 2. The molecule has 0 amide bonds. The first-order valence-electron chi connectivity index (χ1n) is 16.6. The Bertz CT molecular complexity index is 2560. The average molecular weight is 661 g/mol. The highest BCUT2D eigenvalue weighted by Crippen LogP contribution is 2.59. The van der Waals surface area contributed by atoms with Gasteiger partial charge in [0.1, 0.15) is 5.82 Å². The molecule has 50 heavy (non-hydrogen) atoms. The predicted molar refractivity (Wildman–Crippen MR) is 203 cm³/mol. The Balaban J connectivity index is 1.31. The number of hydrogen-bond acceptors (Lipinski definition) is 5. The Hall–Kier alpha value is -6.37. The second-order valence-corrected chi connectivity index (χ2v) is 13.8. The molecule has 0 aliphatic carbocycles. The zero-order chi connectivity index (χ0) is 33.2. The van der Waals surface area contributed by atoms with Gasteiger partial charge < -0.3 is 4.90 Å². The molecule has 3 heterocycles. The molecular formula is C44H28N4OS.